The highest BCUT2D eigenvalue weighted by Gasteiger charge is 2.13. The van der Waals surface area contributed by atoms with Crippen molar-refractivity contribution in [3.63, 3.8) is 0 Å². The predicted molar refractivity (Wildman–Crippen MR) is 119 cm³/mol. The van der Waals surface area contributed by atoms with Crippen LogP contribution in [0.2, 0.25) is 5.02 Å². The largest absolute Gasteiger partial charge is 0.326 e. The number of hydrogen-bond acceptors (Lipinski definition) is 5. The zero-order valence-electron chi connectivity index (χ0n) is 16.7. The van der Waals surface area contributed by atoms with Crippen molar-refractivity contribution in [1.82, 2.24) is 9.78 Å². The molecular formula is C21H21ClN4O4S. The van der Waals surface area contributed by atoms with Crippen molar-refractivity contribution in [2.24, 2.45) is 0 Å². The van der Waals surface area contributed by atoms with Gasteiger partial charge >= 0.3 is 0 Å². The molecule has 0 radical (unpaired) electrons. The molecule has 1 heterocycles. The molecule has 2 N–H and O–H groups in total. The van der Waals surface area contributed by atoms with Gasteiger partial charge in [-0.25, -0.2) is 8.42 Å². The van der Waals surface area contributed by atoms with Gasteiger partial charge < -0.3 is 10.6 Å². The minimum Gasteiger partial charge on any atom is -0.326 e. The molecule has 2 amide bonds. The molecule has 0 aliphatic rings. The molecule has 0 saturated carbocycles. The van der Waals surface area contributed by atoms with Crippen molar-refractivity contribution in [2.45, 2.75) is 24.3 Å². The molecule has 0 bridgehead atoms. The molecule has 0 fully saturated rings. The van der Waals surface area contributed by atoms with Gasteiger partial charge in [-0.15, -0.1) is 0 Å². The van der Waals surface area contributed by atoms with E-state index in [0.717, 1.165) is 6.26 Å². The number of nitrogens with zero attached hydrogens (tertiary/aromatic N) is 2. The van der Waals surface area contributed by atoms with Crippen LogP contribution in [0.4, 0.5) is 11.4 Å². The second-order valence-corrected chi connectivity index (χ2v) is 9.29. The molecule has 0 saturated heterocycles. The van der Waals surface area contributed by atoms with E-state index in [4.69, 9.17) is 11.6 Å². The monoisotopic (exact) mass is 460 g/mol. The van der Waals surface area contributed by atoms with Crippen molar-refractivity contribution in [1.29, 1.82) is 0 Å². The van der Waals surface area contributed by atoms with Crippen LogP contribution in [-0.4, -0.2) is 36.3 Å². The van der Waals surface area contributed by atoms with Crippen LogP contribution >= 0.6 is 11.6 Å². The summed E-state index contributed by atoms with van der Waals surface area (Å²) in [6.07, 6.45) is 5.56. The van der Waals surface area contributed by atoms with Crippen molar-refractivity contribution in [3.8, 4) is 0 Å². The van der Waals surface area contributed by atoms with Crippen LogP contribution in [-0.2, 0) is 21.2 Å². The van der Waals surface area contributed by atoms with Gasteiger partial charge in [-0.2, -0.15) is 5.10 Å². The number of sulfone groups is 1. The Kier molecular flexibility index (Phi) is 7.09. The van der Waals surface area contributed by atoms with E-state index in [-0.39, 0.29) is 21.4 Å². The minimum absolute atomic E-state index is 0.0527. The average molecular weight is 461 g/mol. The summed E-state index contributed by atoms with van der Waals surface area (Å²) < 4.78 is 25.1. The number of rotatable bonds is 8. The summed E-state index contributed by atoms with van der Waals surface area (Å²) in [4.78, 5) is 24.6. The van der Waals surface area contributed by atoms with E-state index in [2.05, 4.69) is 15.7 Å². The molecule has 0 aliphatic carbocycles. The lowest BCUT2D eigenvalue weighted by molar-refractivity contribution is -0.116. The standard InChI is InChI=1S/C21H21ClN4O4S/c1-31(29,30)17-6-2-5-15(13-17)21(28)25-19-9-8-16(14-18(19)22)24-20(27)7-3-11-26-12-4-10-23-26/h2,4-6,8-10,12-14H,3,7,11H2,1H3,(H,24,27)(H,25,28). The normalized spacial score (nSPS) is 11.2. The Morgan fingerprint density at radius 1 is 1.10 bits per heavy atom. The molecule has 3 rings (SSSR count). The smallest absolute Gasteiger partial charge is 0.255 e. The summed E-state index contributed by atoms with van der Waals surface area (Å²) in [7, 11) is -3.43. The first-order valence-corrected chi connectivity index (χ1v) is 11.7. The van der Waals surface area contributed by atoms with Gasteiger partial charge in [0.05, 0.1) is 15.6 Å². The topological polar surface area (TPSA) is 110 Å². The van der Waals surface area contributed by atoms with Gasteiger partial charge in [0, 0.05) is 42.9 Å². The van der Waals surface area contributed by atoms with Gasteiger partial charge in [0.1, 0.15) is 0 Å². The molecule has 8 nitrogen and oxygen atoms in total. The van der Waals surface area contributed by atoms with E-state index in [0.29, 0.717) is 30.8 Å². The summed E-state index contributed by atoms with van der Waals surface area (Å²) in [6.45, 7) is 0.646. The maximum absolute atomic E-state index is 12.5. The number of carbonyl (C=O) groups excluding carboxylic acids is 2. The molecule has 1 aromatic heterocycles. The number of carbonyl (C=O) groups is 2. The Balaban J connectivity index is 1.59. The van der Waals surface area contributed by atoms with Gasteiger partial charge in [-0.05, 0) is 48.9 Å². The van der Waals surface area contributed by atoms with Gasteiger partial charge in [0.2, 0.25) is 5.91 Å². The highest BCUT2D eigenvalue weighted by atomic mass is 35.5. The second kappa shape index (κ2) is 9.76. The molecule has 0 aliphatic heterocycles. The van der Waals surface area contributed by atoms with Crippen LogP contribution in [0.5, 0.6) is 0 Å². The van der Waals surface area contributed by atoms with Crippen LogP contribution in [0, 0.1) is 0 Å². The van der Waals surface area contributed by atoms with Gasteiger partial charge in [0.25, 0.3) is 5.91 Å². The van der Waals surface area contributed by atoms with E-state index in [9.17, 15) is 18.0 Å². The third-order valence-electron chi connectivity index (χ3n) is 4.38. The van der Waals surface area contributed by atoms with Crippen LogP contribution in [0.3, 0.4) is 0 Å². The maximum atomic E-state index is 12.5. The van der Waals surface area contributed by atoms with E-state index in [1.165, 1.54) is 30.3 Å². The highest BCUT2D eigenvalue weighted by molar-refractivity contribution is 7.90. The van der Waals surface area contributed by atoms with Gasteiger partial charge in [-0.3, -0.25) is 14.3 Å². The Hall–Kier alpha value is -3.17. The van der Waals surface area contributed by atoms with Crippen molar-refractivity contribution < 1.29 is 18.0 Å². The van der Waals surface area contributed by atoms with E-state index >= 15 is 0 Å². The second-order valence-electron chi connectivity index (χ2n) is 6.87. The van der Waals surface area contributed by atoms with E-state index in [1.54, 1.807) is 23.0 Å². The SMILES string of the molecule is CS(=O)(=O)c1cccc(C(=O)Nc2ccc(NC(=O)CCCn3cccn3)cc2Cl)c1. The Morgan fingerprint density at radius 2 is 1.90 bits per heavy atom. The van der Waals surface area contributed by atoms with Crippen molar-refractivity contribution >= 4 is 44.6 Å². The third kappa shape index (κ3) is 6.40. The molecule has 31 heavy (non-hydrogen) atoms. The van der Waals surface area contributed by atoms with Crippen LogP contribution in [0.1, 0.15) is 23.2 Å². The zero-order chi connectivity index (χ0) is 22.4. The lowest BCUT2D eigenvalue weighted by Gasteiger charge is -2.11. The van der Waals surface area contributed by atoms with Crippen molar-refractivity contribution in [2.75, 3.05) is 16.9 Å². The number of aryl methyl sites for hydroxylation is 1. The fourth-order valence-corrected chi connectivity index (χ4v) is 3.71. The van der Waals surface area contributed by atoms with Gasteiger partial charge in [0.15, 0.2) is 9.84 Å². The zero-order valence-corrected chi connectivity index (χ0v) is 18.3. The van der Waals surface area contributed by atoms with Crippen LogP contribution in [0.25, 0.3) is 0 Å². The number of nitrogens with one attached hydrogen (secondary N) is 2. The predicted octanol–water partition coefficient (Wildman–Crippen LogP) is 3.61. The van der Waals surface area contributed by atoms with Crippen LogP contribution in [0.15, 0.2) is 65.8 Å². The molecule has 3 aromatic rings. The van der Waals surface area contributed by atoms with E-state index in [1.807, 2.05) is 12.3 Å². The molecule has 10 heteroatoms. The summed E-state index contributed by atoms with van der Waals surface area (Å²) >= 11 is 6.25. The lowest BCUT2D eigenvalue weighted by atomic mass is 10.2. The summed E-state index contributed by atoms with van der Waals surface area (Å²) in [6, 6.07) is 12.3. The molecule has 0 spiro atoms. The Morgan fingerprint density at radius 3 is 2.58 bits per heavy atom. The first-order valence-electron chi connectivity index (χ1n) is 9.41. The fraction of sp³-hybridized carbons (Fsp3) is 0.190. The molecule has 2 aromatic carbocycles. The summed E-state index contributed by atoms with van der Waals surface area (Å²) in [5, 5.41) is 9.74. The lowest BCUT2D eigenvalue weighted by Crippen LogP contribution is -2.14. The number of anilines is 2. The number of hydrogen-bond donors (Lipinski definition) is 2. The third-order valence-corrected chi connectivity index (χ3v) is 5.80. The first-order chi connectivity index (χ1) is 14.7. The average Bonchev–Trinajstić information content (AvgIpc) is 3.23. The summed E-state index contributed by atoms with van der Waals surface area (Å²) in [5.41, 5.74) is 1.04. The highest BCUT2D eigenvalue weighted by Crippen LogP contribution is 2.26. The maximum Gasteiger partial charge on any atom is 0.255 e. The number of amides is 2. The number of benzene rings is 2. The molecule has 162 valence electrons. The minimum atomic E-state index is -3.43. The van der Waals surface area contributed by atoms with Gasteiger partial charge in [-0.1, -0.05) is 17.7 Å². The first kappa shape index (κ1) is 22.5. The Bertz CT molecular complexity index is 1190. The van der Waals surface area contributed by atoms with E-state index < -0.39 is 15.7 Å². The Labute approximate surface area is 185 Å². The summed E-state index contributed by atoms with van der Waals surface area (Å²) in [5.74, 6) is -0.652. The van der Waals surface area contributed by atoms with Crippen LogP contribution < -0.4 is 10.6 Å². The number of halogens is 1. The van der Waals surface area contributed by atoms with Crippen molar-refractivity contribution in [3.05, 3.63) is 71.5 Å². The number of aromatic nitrogens is 2. The molecule has 0 atom stereocenters. The fourth-order valence-electron chi connectivity index (χ4n) is 2.81. The quantitative estimate of drug-likeness (QED) is 0.533. The molecule has 0 unspecified atom stereocenters. The molecular weight excluding hydrogens is 440 g/mol.